The van der Waals surface area contributed by atoms with Gasteiger partial charge in [0, 0.05) is 4.90 Å². The Balaban J connectivity index is 1.75. The molecule has 0 radical (unpaired) electrons. The van der Waals surface area contributed by atoms with E-state index in [1.54, 1.807) is 12.1 Å². The van der Waals surface area contributed by atoms with Crippen LogP contribution in [0, 0.1) is 0 Å². The number of nitrogens with two attached hydrogens (primary N) is 1. The number of hydrogen-bond donors (Lipinski definition) is 3. The smallest absolute Gasteiger partial charge is 0.320 e. The summed E-state index contributed by atoms with van der Waals surface area (Å²) in [5, 5.41) is 8.78. The zero-order valence-electron chi connectivity index (χ0n) is 12.5. The molecule has 6 heteroatoms. The van der Waals surface area contributed by atoms with Gasteiger partial charge in [-0.3, -0.25) is 4.79 Å². The molecule has 0 aliphatic carbocycles. The van der Waals surface area contributed by atoms with E-state index in [9.17, 15) is 4.79 Å². The van der Waals surface area contributed by atoms with Crippen molar-refractivity contribution in [3.63, 3.8) is 0 Å². The van der Waals surface area contributed by atoms with Gasteiger partial charge in [0.2, 0.25) is 0 Å². The highest BCUT2D eigenvalue weighted by atomic mass is 32.1. The molecule has 0 bridgehead atoms. The molecule has 0 amide bonds. The van der Waals surface area contributed by atoms with Gasteiger partial charge >= 0.3 is 5.97 Å². The highest BCUT2D eigenvalue weighted by Crippen LogP contribution is 2.16. The SMILES string of the molecule is NC(Cc1ccc(OCCOc2cccc(S)c2)cc1)C(=O)O. The first-order valence-corrected chi connectivity index (χ1v) is 7.61. The summed E-state index contributed by atoms with van der Waals surface area (Å²) in [6.45, 7) is 0.827. The predicted molar refractivity (Wildman–Crippen MR) is 90.4 cm³/mol. The van der Waals surface area contributed by atoms with Crippen molar-refractivity contribution in [3.05, 3.63) is 54.1 Å². The van der Waals surface area contributed by atoms with Crippen LogP contribution in [0.1, 0.15) is 5.56 Å². The topological polar surface area (TPSA) is 81.8 Å². The van der Waals surface area contributed by atoms with Gasteiger partial charge in [0.15, 0.2) is 0 Å². The molecule has 0 saturated carbocycles. The molecule has 0 heterocycles. The molecule has 2 aromatic rings. The van der Waals surface area contributed by atoms with E-state index < -0.39 is 12.0 Å². The lowest BCUT2D eigenvalue weighted by Gasteiger charge is -2.10. The van der Waals surface area contributed by atoms with Gasteiger partial charge in [-0.2, -0.15) is 0 Å². The molecule has 1 atom stereocenters. The quantitative estimate of drug-likeness (QED) is 0.510. The molecule has 1 unspecified atom stereocenters. The Kier molecular flexibility index (Phi) is 6.31. The van der Waals surface area contributed by atoms with Crippen LogP contribution in [0.15, 0.2) is 53.4 Å². The molecule has 2 rings (SSSR count). The Morgan fingerprint density at radius 2 is 1.74 bits per heavy atom. The number of hydrogen-bond acceptors (Lipinski definition) is 5. The number of aliphatic carboxylic acids is 1. The first kappa shape index (κ1) is 17.2. The summed E-state index contributed by atoms with van der Waals surface area (Å²) in [7, 11) is 0. The summed E-state index contributed by atoms with van der Waals surface area (Å²) in [5.41, 5.74) is 6.35. The lowest BCUT2D eigenvalue weighted by Crippen LogP contribution is -2.32. The van der Waals surface area contributed by atoms with E-state index in [0.29, 0.717) is 25.4 Å². The van der Waals surface area contributed by atoms with Gasteiger partial charge in [0.05, 0.1) is 0 Å². The molecular weight excluding hydrogens is 314 g/mol. The van der Waals surface area contributed by atoms with Gasteiger partial charge in [0.1, 0.15) is 30.8 Å². The van der Waals surface area contributed by atoms with Crippen LogP contribution in [0.2, 0.25) is 0 Å². The second kappa shape index (κ2) is 8.45. The zero-order chi connectivity index (χ0) is 16.7. The third-order valence-corrected chi connectivity index (χ3v) is 3.41. The molecule has 0 aromatic heterocycles. The molecule has 0 fully saturated rings. The minimum absolute atomic E-state index is 0.290. The fraction of sp³-hybridized carbons (Fsp3) is 0.235. The molecule has 122 valence electrons. The van der Waals surface area contributed by atoms with Crippen LogP contribution in [-0.2, 0) is 11.2 Å². The molecular formula is C17H19NO4S. The van der Waals surface area contributed by atoms with E-state index >= 15 is 0 Å². The summed E-state index contributed by atoms with van der Waals surface area (Å²) in [6, 6.07) is 13.8. The molecule has 0 aliphatic heterocycles. The Hall–Kier alpha value is -2.18. The molecule has 23 heavy (non-hydrogen) atoms. The van der Waals surface area contributed by atoms with Crippen LogP contribution in [0.4, 0.5) is 0 Å². The van der Waals surface area contributed by atoms with Crippen LogP contribution in [0.25, 0.3) is 0 Å². The van der Waals surface area contributed by atoms with Crippen molar-refractivity contribution in [2.75, 3.05) is 13.2 Å². The molecule has 5 nitrogen and oxygen atoms in total. The number of ether oxygens (including phenoxy) is 2. The van der Waals surface area contributed by atoms with Crippen molar-refractivity contribution in [3.8, 4) is 11.5 Å². The van der Waals surface area contributed by atoms with Crippen LogP contribution < -0.4 is 15.2 Å². The predicted octanol–water partition coefficient (Wildman–Crippen LogP) is 2.39. The van der Waals surface area contributed by atoms with Crippen LogP contribution in [-0.4, -0.2) is 30.3 Å². The van der Waals surface area contributed by atoms with Crippen molar-refractivity contribution < 1.29 is 19.4 Å². The maximum absolute atomic E-state index is 10.7. The van der Waals surface area contributed by atoms with Gasteiger partial charge in [0.25, 0.3) is 0 Å². The number of carboxylic acid groups (broad SMARTS) is 1. The first-order valence-electron chi connectivity index (χ1n) is 7.16. The first-order chi connectivity index (χ1) is 11.0. The molecule has 3 N–H and O–H groups in total. The summed E-state index contributed by atoms with van der Waals surface area (Å²) < 4.78 is 11.1. The fourth-order valence-electron chi connectivity index (χ4n) is 1.96. The van der Waals surface area contributed by atoms with E-state index in [1.807, 2.05) is 36.4 Å². The monoisotopic (exact) mass is 333 g/mol. The van der Waals surface area contributed by atoms with Gasteiger partial charge in [-0.25, -0.2) is 0 Å². The van der Waals surface area contributed by atoms with Gasteiger partial charge in [-0.15, -0.1) is 12.6 Å². The number of rotatable bonds is 8. The average Bonchev–Trinajstić information content (AvgIpc) is 2.53. The van der Waals surface area contributed by atoms with E-state index in [-0.39, 0.29) is 0 Å². The van der Waals surface area contributed by atoms with Gasteiger partial charge in [-0.1, -0.05) is 18.2 Å². The lowest BCUT2D eigenvalue weighted by atomic mass is 10.1. The van der Waals surface area contributed by atoms with Crippen LogP contribution in [0.5, 0.6) is 11.5 Å². The second-order valence-electron chi connectivity index (χ2n) is 4.99. The Labute approximate surface area is 140 Å². The number of carbonyl (C=O) groups is 1. The highest BCUT2D eigenvalue weighted by molar-refractivity contribution is 7.80. The van der Waals surface area contributed by atoms with E-state index in [0.717, 1.165) is 16.2 Å². The Morgan fingerprint density at radius 1 is 1.09 bits per heavy atom. The summed E-state index contributed by atoms with van der Waals surface area (Å²) in [4.78, 5) is 11.6. The highest BCUT2D eigenvalue weighted by Gasteiger charge is 2.11. The summed E-state index contributed by atoms with van der Waals surface area (Å²) in [6.07, 6.45) is 0.290. The molecule has 0 spiro atoms. The van der Waals surface area contributed by atoms with E-state index in [4.69, 9.17) is 20.3 Å². The van der Waals surface area contributed by atoms with E-state index in [2.05, 4.69) is 12.6 Å². The van der Waals surface area contributed by atoms with Gasteiger partial charge in [-0.05, 0) is 42.3 Å². The third-order valence-electron chi connectivity index (χ3n) is 3.13. The largest absolute Gasteiger partial charge is 0.490 e. The van der Waals surface area contributed by atoms with E-state index in [1.165, 1.54) is 0 Å². The third kappa shape index (κ3) is 5.84. The standard InChI is InChI=1S/C17H19NO4S/c18-16(17(19)20)10-12-4-6-13(7-5-12)21-8-9-22-14-2-1-3-15(23)11-14/h1-7,11,16,23H,8-10,18H2,(H,19,20). The van der Waals surface area contributed by atoms with Crippen molar-refractivity contribution >= 4 is 18.6 Å². The minimum atomic E-state index is -1.01. The van der Waals surface area contributed by atoms with Crippen molar-refractivity contribution in [2.24, 2.45) is 5.73 Å². The normalized spacial score (nSPS) is 11.7. The molecule has 0 aliphatic rings. The zero-order valence-corrected chi connectivity index (χ0v) is 13.4. The summed E-state index contributed by atoms with van der Waals surface area (Å²) in [5.74, 6) is 0.441. The maximum Gasteiger partial charge on any atom is 0.320 e. The van der Waals surface area contributed by atoms with Crippen LogP contribution in [0.3, 0.4) is 0 Å². The second-order valence-corrected chi connectivity index (χ2v) is 5.50. The fourth-order valence-corrected chi connectivity index (χ4v) is 2.17. The number of benzene rings is 2. The summed E-state index contributed by atoms with van der Waals surface area (Å²) >= 11 is 4.25. The Bertz CT molecular complexity index is 645. The lowest BCUT2D eigenvalue weighted by molar-refractivity contribution is -0.138. The number of carboxylic acids is 1. The van der Waals surface area contributed by atoms with Crippen molar-refractivity contribution in [2.45, 2.75) is 17.4 Å². The van der Waals surface area contributed by atoms with Crippen molar-refractivity contribution in [1.82, 2.24) is 0 Å². The minimum Gasteiger partial charge on any atom is -0.490 e. The maximum atomic E-state index is 10.7. The molecule has 0 saturated heterocycles. The Morgan fingerprint density at radius 3 is 2.35 bits per heavy atom. The van der Waals surface area contributed by atoms with Gasteiger partial charge < -0.3 is 20.3 Å². The van der Waals surface area contributed by atoms with Crippen molar-refractivity contribution in [1.29, 1.82) is 0 Å². The average molecular weight is 333 g/mol. The van der Waals surface area contributed by atoms with Crippen LogP contribution >= 0.6 is 12.6 Å². The molecule has 2 aromatic carbocycles. The number of thiol groups is 1.